The van der Waals surface area contributed by atoms with Gasteiger partial charge >= 0.3 is 0 Å². The lowest BCUT2D eigenvalue weighted by molar-refractivity contribution is 1.21. The van der Waals surface area contributed by atoms with Crippen LogP contribution in [0.25, 0.3) is 76.1 Å². The van der Waals surface area contributed by atoms with Gasteiger partial charge in [-0.05, 0) is 24.3 Å². The molecule has 6 aromatic heterocycles. The van der Waals surface area contributed by atoms with Gasteiger partial charge < -0.3 is 4.40 Å². The van der Waals surface area contributed by atoms with E-state index in [1.54, 1.807) is 0 Å². The Labute approximate surface area is 190 Å². The first-order valence-electron chi connectivity index (χ1n) is 11.3. The summed E-state index contributed by atoms with van der Waals surface area (Å²) in [7, 11) is 0. The second kappa shape index (κ2) is 5.41. The molecule has 3 aromatic carbocycles. The molecule has 156 valence electrons. The third-order valence-electron chi connectivity index (χ3n) is 7.56. The van der Waals surface area contributed by atoms with Crippen LogP contribution in [0, 0.1) is 0 Å². The van der Waals surface area contributed by atoms with E-state index in [-0.39, 0.29) is 5.56 Å². The molecule has 0 saturated heterocycles. The Bertz CT molecular complexity index is 2360. The van der Waals surface area contributed by atoms with Crippen LogP contribution in [0.15, 0.2) is 90.2 Å². The fourth-order valence-electron chi connectivity index (χ4n) is 6.31. The highest BCUT2D eigenvalue weighted by molar-refractivity contribution is 6.36. The summed E-state index contributed by atoms with van der Waals surface area (Å²) in [5, 5.41) is 9.44. The van der Waals surface area contributed by atoms with Crippen molar-refractivity contribution in [1.82, 2.24) is 18.8 Å². The molecule has 0 atom stereocenters. The summed E-state index contributed by atoms with van der Waals surface area (Å²) in [6.07, 6.45) is 7.46. The molecule has 0 amide bonds. The molecule has 0 aliphatic heterocycles. The quantitative estimate of drug-likeness (QED) is 0.270. The molecule has 9 aromatic rings. The van der Waals surface area contributed by atoms with E-state index in [1.165, 1.54) is 0 Å². The van der Waals surface area contributed by atoms with Crippen molar-refractivity contribution in [3.63, 3.8) is 0 Å². The van der Waals surface area contributed by atoms with Gasteiger partial charge in [0.15, 0.2) is 0 Å². The minimum atomic E-state index is 0.0236. The molecule has 0 radical (unpaired) electrons. The number of para-hydroxylation sites is 2. The standard InChI is InChI=1S/C29H14N4O/c34-29-21-12-20-16-8-10-30-13-23(16)32-24-14-31-11-9-18(24)26(28(20)32)25(21)19-6-3-5-17-15-4-1-2-7-22(15)33(29)27(17)19/h1-14H. The smallest absolute Gasteiger partial charge is 0.263 e. The van der Waals surface area contributed by atoms with Crippen molar-refractivity contribution in [3.05, 3.63) is 95.8 Å². The Morgan fingerprint density at radius 3 is 2.12 bits per heavy atom. The summed E-state index contributed by atoms with van der Waals surface area (Å²) in [5.41, 5.74) is 5.15. The zero-order chi connectivity index (χ0) is 22.1. The Balaban J connectivity index is 1.75. The van der Waals surface area contributed by atoms with E-state index in [1.807, 2.05) is 53.5 Å². The maximum Gasteiger partial charge on any atom is 0.263 e. The first-order chi connectivity index (χ1) is 16.8. The number of fused-ring (bicyclic) bond motifs is 12. The van der Waals surface area contributed by atoms with Crippen molar-refractivity contribution < 1.29 is 0 Å². The van der Waals surface area contributed by atoms with Gasteiger partial charge in [0.1, 0.15) is 0 Å². The van der Waals surface area contributed by atoms with E-state index >= 15 is 0 Å². The van der Waals surface area contributed by atoms with E-state index < -0.39 is 0 Å². The fourth-order valence-corrected chi connectivity index (χ4v) is 6.31. The Hall–Kier alpha value is -4.77. The molecule has 6 heterocycles. The van der Waals surface area contributed by atoms with E-state index in [4.69, 9.17) is 0 Å². The molecule has 0 aliphatic rings. The summed E-state index contributed by atoms with van der Waals surface area (Å²) in [5.74, 6) is 0. The normalized spacial score (nSPS) is 12.8. The first-order valence-corrected chi connectivity index (χ1v) is 11.3. The second-order valence-electron chi connectivity index (χ2n) is 9.05. The molecule has 0 unspecified atom stereocenters. The van der Waals surface area contributed by atoms with E-state index in [9.17, 15) is 4.79 Å². The monoisotopic (exact) mass is 434 g/mol. The third kappa shape index (κ3) is 1.66. The fraction of sp³-hybridized carbons (Fsp3) is 0. The number of rotatable bonds is 0. The number of nitrogens with zero attached hydrogens (tertiary/aromatic N) is 4. The summed E-state index contributed by atoms with van der Waals surface area (Å²) in [4.78, 5) is 23.0. The number of benzene rings is 3. The topological polar surface area (TPSA) is 51.7 Å². The van der Waals surface area contributed by atoms with Gasteiger partial charge in [0.25, 0.3) is 5.56 Å². The zero-order valence-corrected chi connectivity index (χ0v) is 17.8. The molecule has 9 rings (SSSR count). The lowest BCUT2D eigenvalue weighted by atomic mass is 9.97. The van der Waals surface area contributed by atoms with Crippen LogP contribution < -0.4 is 5.56 Å². The van der Waals surface area contributed by atoms with Gasteiger partial charge in [0.05, 0.1) is 40.0 Å². The SMILES string of the molecule is O=c1c2cc3c4ccncc4n4c5cnccc5c(c2c2cccc5c6ccccc6n1c52)c34. The van der Waals surface area contributed by atoms with Gasteiger partial charge in [-0.1, -0.05) is 36.4 Å². The highest BCUT2D eigenvalue weighted by atomic mass is 16.1. The molecule has 0 saturated carbocycles. The van der Waals surface area contributed by atoms with Crippen LogP contribution in [0.5, 0.6) is 0 Å². The lowest BCUT2D eigenvalue weighted by Crippen LogP contribution is -2.13. The Kier molecular flexibility index (Phi) is 2.67. The summed E-state index contributed by atoms with van der Waals surface area (Å²) < 4.78 is 4.16. The highest BCUT2D eigenvalue weighted by Crippen LogP contribution is 2.44. The first kappa shape index (κ1) is 16.8. The van der Waals surface area contributed by atoms with E-state index in [0.717, 1.165) is 76.1 Å². The van der Waals surface area contributed by atoms with Crippen molar-refractivity contribution >= 4 is 76.1 Å². The summed E-state index contributed by atoms with van der Waals surface area (Å²) in [6, 6.07) is 20.7. The molecular weight excluding hydrogens is 420 g/mol. The van der Waals surface area contributed by atoms with Crippen molar-refractivity contribution in [3.8, 4) is 0 Å². The van der Waals surface area contributed by atoms with Gasteiger partial charge in [0, 0.05) is 60.9 Å². The highest BCUT2D eigenvalue weighted by Gasteiger charge is 2.24. The summed E-state index contributed by atoms with van der Waals surface area (Å²) in [6.45, 7) is 0. The average molecular weight is 434 g/mol. The minimum Gasteiger partial charge on any atom is -0.305 e. The largest absolute Gasteiger partial charge is 0.305 e. The van der Waals surface area contributed by atoms with Gasteiger partial charge in [0.2, 0.25) is 0 Å². The van der Waals surface area contributed by atoms with Crippen LogP contribution in [-0.2, 0) is 0 Å². The zero-order valence-electron chi connectivity index (χ0n) is 17.8. The third-order valence-corrected chi connectivity index (χ3v) is 7.56. The van der Waals surface area contributed by atoms with Crippen LogP contribution in [0.3, 0.4) is 0 Å². The Morgan fingerprint density at radius 2 is 1.24 bits per heavy atom. The van der Waals surface area contributed by atoms with Gasteiger partial charge in [-0.2, -0.15) is 0 Å². The molecule has 5 heteroatoms. The lowest BCUT2D eigenvalue weighted by Gasteiger charge is -2.09. The molecular formula is C29H14N4O. The van der Waals surface area contributed by atoms with Gasteiger partial charge in [-0.3, -0.25) is 19.2 Å². The van der Waals surface area contributed by atoms with E-state index in [0.29, 0.717) is 0 Å². The molecule has 0 bridgehead atoms. The van der Waals surface area contributed by atoms with Crippen molar-refractivity contribution in [1.29, 1.82) is 0 Å². The molecule has 0 N–H and O–H groups in total. The summed E-state index contributed by atoms with van der Waals surface area (Å²) >= 11 is 0. The molecule has 34 heavy (non-hydrogen) atoms. The van der Waals surface area contributed by atoms with Crippen LogP contribution in [0.4, 0.5) is 0 Å². The maximum atomic E-state index is 14.2. The number of hydrogen-bond donors (Lipinski definition) is 0. The second-order valence-corrected chi connectivity index (χ2v) is 9.05. The van der Waals surface area contributed by atoms with Crippen molar-refractivity contribution in [2.45, 2.75) is 0 Å². The maximum absolute atomic E-state index is 14.2. The Morgan fingerprint density at radius 1 is 0.529 bits per heavy atom. The minimum absolute atomic E-state index is 0.0236. The molecule has 0 fully saturated rings. The number of hydrogen-bond acceptors (Lipinski definition) is 3. The molecule has 5 nitrogen and oxygen atoms in total. The van der Waals surface area contributed by atoms with Crippen LogP contribution in [-0.4, -0.2) is 18.8 Å². The van der Waals surface area contributed by atoms with Crippen molar-refractivity contribution in [2.24, 2.45) is 0 Å². The average Bonchev–Trinajstić information content (AvgIpc) is 3.52. The molecule has 0 spiro atoms. The molecule has 0 aliphatic carbocycles. The predicted molar refractivity (Wildman–Crippen MR) is 138 cm³/mol. The van der Waals surface area contributed by atoms with Gasteiger partial charge in [-0.25, -0.2) is 0 Å². The van der Waals surface area contributed by atoms with Crippen LogP contribution >= 0.6 is 0 Å². The number of aromatic nitrogens is 4. The van der Waals surface area contributed by atoms with Gasteiger partial charge in [-0.15, -0.1) is 0 Å². The van der Waals surface area contributed by atoms with Crippen LogP contribution in [0.1, 0.15) is 0 Å². The number of pyridine rings is 3. The van der Waals surface area contributed by atoms with Crippen molar-refractivity contribution in [2.75, 3.05) is 0 Å². The van der Waals surface area contributed by atoms with E-state index in [2.05, 4.69) is 50.8 Å². The predicted octanol–water partition coefficient (Wildman–Crippen LogP) is 6.14. The van der Waals surface area contributed by atoms with Crippen LogP contribution in [0.2, 0.25) is 0 Å².